The van der Waals surface area contributed by atoms with Crippen LogP contribution in [0.25, 0.3) is 0 Å². The average molecular weight is 386 g/mol. The molecule has 4 heteroatoms. The number of rotatable bonds is 4. The molecule has 1 unspecified atom stereocenters. The van der Waals surface area contributed by atoms with E-state index in [9.17, 15) is 0 Å². The topological polar surface area (TPSA) is 18.5 Å². The molecule has 2 nitrogen and oxygen atoms in total. The second-order valence-electron chi connectivity index (χ2n) is 4.00. The summed E-state index contributed by atoms with van der Waals surface area (Å²) in [4.78, 5) is 0.0999. The van der Waals surface area contributed by atoms with E-state index < -0.39 is 0 Å². The number of halogens is 2. The monoisotopic (exact) mass is 384 g/mol. The summed E-state index contributed by atoms with van der Waals surface area (Å²) < 4.78 is 11.6. The molecule has 2 rings (SSSR count). The highest BCUT2D eigenvalue weighted by Gasteiger charge is 2.17. The van der Waals surface area contributed by atoms with Gasteiger partial charge in [0, 0.05) is 4.47 Å². The van der Waals surface area contributed by atoms with Gasteiger partial charge in [0.1, 0.15) is 0 Å². The standard InChI is InChI=1S/C15H14Br2O2/c1-18-13-8-11(12(16)9-14(13)19-2)15(17)10-6-4-3-5-7-10/h3-9,15H,1-2H3. The molecule has 0 fully saturated rings. The molecule has 0 heterocycles. The number of ether oxygens (including phenoxy) is 2. The van der Waals surface area contributed by atoms with Crippen molar-refractivity contribution in [2.24, 2.45) is 0 Å². The maximum Gasteiger partial charge on any atom is 0.161 e. The molecule has 2 aromatic rings. The minimum atomic E-state index is 0.0999. The lowest BCUT2D eigenvalue weighted by Crippen LogP contribution is -1.97. The van der Waals surface area contributed by atoms with Crippen molar-refractivity contribution < 1.29 is 9.47 Å². The normalized spacial score (nSPS) is 12.0. The molecule has 0 saturated carbocycles. The van der Waals surface area contributed by atoms with Gasteiger partial charge in [-0.15, -0.1) is 0 Å². The molecule has 19 heavy (non-hydrogen) atoms. The van der Waals surface area contributed by atoms with Gasteiger partial charge < -0.3 is 9.47 Å². The van der Waals surface area contributed by atoms with Gasteiger partial charge in [0.15, 0.2) is 11.5 Å². The van der Waals surface area contributed by atoms with E-state index in [1.54, 1.807) is 14.2 Å². The Kier molecular flexibility index (Phi) is 4.88. The Morgan fingerprint density at radius 3 is 2.11 bits per heavy atom. The van der Waals surface area contributed by atoms with Crippen LogP contribution in [0.4, 0.5) is 0 Å². The van der Waals surface area contributed by atoms with Crippen molar-refractivity contribution in [2.45, 2.75) is 4.83 Å². The lowest BCUT2D eigenvalue weighted by atomic mass is 10.0. The van der Waals surface area contributed by atoms with Crippen LogP contribution in [0, 0.1) is 0 Å². The summed E-state index contributed by atoms with van der Waals surface area (Å²) in [6.07, 6.45) is 0. The lowest BCUT2D eigenvalue weighted by Gasteiger charge is -2.16. The molecule has 0 N–H and O–H groups in total. The summed E-state index contributed by atoms with van der Waals surface area (Å²) >= 11 is 7.31. The minimum absolute atomic E-state index is 0.0999. The number of alkyl halides is 1. The Balaban J connectivity index is 2.45. The van der Waals surface area contributed by atoms with E-state index in [0.717, 1.165) is 15.8 Å². The third-order valence-electron chi connectivity index (χ3n) is 2.87. The molecule has 0 aromatic heterocycles. The van der Waals surface area contributed by atoms with Crippen molar-refractivity contribution in [1.82, 2.24) is 0 Å². The van der Waals surface area contributed by atoms with E-state index in [-0.39, 0.29) is 4.83 Å². The molecule has 0 aliphatic rings. The molecule has 0 aliphatic carbocycles. The summed E-state index contributed by atoms with van der Waals surface area (Å²) in [5.74, 6) is 1.44. The molecule has 2 aromatic carbocycles. The van der Waals surface area contributed by atoms with E-state index in [4.69, 9.17) is 9.47 Å². The van der Waals surface area contributed by atoms with Crippen LogP contribution in [0.3, 0.4) is 0 Å². The van der Waals surface area contributed by atoms with Crippen molar-refractivity contribution in [3.8, 4) is 11.5 Å². The van der Waals surface area contributed by atoms with Crippen LogP contribution in [0.2, 0.25) is 0 Å². The van der Waals surface area contributed by atoms with Gasteiger partial charge in [0.2, 0.25) is 0 Å². The molecule has 100 valence electrons. The third kappa shape index (κ3) is 3.12. The predicted molar refractivity (Wildman–Crippen MR) is 84.5 cm³/mol. The highest BCUT2D eigenvalue weighted by atomic mass is 79.9. The quantitative estimate of drug-likeness (QED) is 0.693. The Morgan fingerprint density at radius 2 is 1.53 bits per heavy atom. The third-order valence-corrected chi connectivity index (χ3v) is 4.58. The van der Waals surface area contributed by atoms with Gasteiger partial charge in [0.05, 0.1) is 19.0 Å². The Bertz CT molecular complexity index is 556. The zero-order valence-corrected chi connectivity index (χ0v) is 13.9. The highest BCUT2D eigenvalue weighted by Crippen LogP contribution is 2.41. The fourth-order valence-corrected chi connectivity index (χ4v) is 3.41. The summed E-state index contributed by atoms with van der Waals surface area (Å²) in [6.45, 7) is 0. The molecule has 0 saturated heterocycles. The molecule has 0 bridgehead atoms. The Labute approximate surface area is 130 Å². The smallest absolute Gasteiger partial charge is 0.161 e. The fraction of sp³-hybridized carbons (Fsp3) is 0.200. The van der Waals surface area contributed by atoms with Crippen LogP contribution in [-0.2, 0) is 0 Å². The zero-order chi connectivity index (χ0) is 13.8. The second kappa shape index (κ2) is 6.44. The van der Waals surface area contributed by atoms with E-state index in [2.05, 4.69) is 44.0 Å². The van der Waals surface area contributed by atoms with Gasteiger partial charge in [0.25, 0.3) is 0 Å². The van der Waals surface area contributed by atoms with Crippen LogP contribution in [0.1, 0.15) is 16.0 Å². The van der Waals surface area contributed by atoms with Crippen molar-refractivity contribution >= 4 is 31.9 Å². The first-order valence-electron chi connectivity index (χ1n) is 5.77. The largest absolute Gasteiger partial charge is 0.493 e. The molecule has 0 amide bonds. The van der Waals surface area contributed by atoms with Gasteiger partial charge in [-0.3, -0.25) is 0 Å². The average Bonchev–Trinajstić information content (AvgIpc) is 2.47. The first-order chi connectivity index (χ1) is 9.17. The maximum atomic E-state index is 5.35. The second-order valence-corrected chi connectivity index (χ2v) is 5.77. The number of benzene rings is 2. The van der Waals surface area contributed by atoms with Gasteiger partial charge in [-0.1, -0.05) is 62.2 Å². The van der Waals surface area contributed by atoms with E-state index in [0.29, 0.717) is 5.75 Å². The van der Waals surface area contributed by atoms with Crippen molar-refractivity contribution in [2.75, 3.05) is 14.2 Å². The molecule has 1 atom stereocenters. The molecule has 0 spiro atoms. The summed E-state index contributed by atoms with van der Waals surface area (Å²) in [5.41, 5.74) is 2.29. The van der Waals surface area contributed by atoms with E-state index >= 15 is 0 Å². The highest BCUT2D eigenvalue weighted by molar-refractivity contribution is 9.11. The van der Waals surface area contributed by atoms with Gasteiger partial charge >= 0.3 is 0 Å². The Hall–Kier alpha value is -1.00. The summed E-state index contributed by atoms with van der Waals surface area (Å²) in [6, 6.07) is 14.1. The molecule has 0 radical (unpaired) electrons. The first-order valence-corrected chi connectivity index (χ1v) is 7.48. The van der Waals surface area contributed by atoms with Crippen LogP contribution < -0.4 is 9.47 Å². The van der Waals surface area contributed by atoms with Crippen LogP contribution in [0.15, 0.2) is 46.9 Å². The predicted octanol–water partition coefficient (Wildman–Crippen LogP) is 4.95. The summed E-state index contributed by atoms with van der Waals surface area (Å²) in [7, 11) is 3.27. The molecular formula is C15H14Br2O2. The van der Waals surface area contributed by atoms with Crippen molar-refractivity contribution in [3.63, 3.8) is 0 Å². The van der Waals surface area contributed by atoms with Crippen LogP contribution >= 0.6 is 31.9 Å². The summed E-state index contributed by atoms with van der Waals surface area (Å²) in [5, 5.41) is 0. The van der Waals surface area contributed by atoms with Gasteiger partial charge in [-0.2, -0.15) is 0 Å². The van der Waals surface area contributed by atoms with Crippen LogP contribution in [0.5, 0.6) is 11.5 Å². The van der Waals surface area contributed by atoms with Crippen molar-refractivity contribution in [3.05, 3.63) is 58.1 Å². The maximum absolute atomic E-state index is 5.35. The zero-order valence-electron chi connectivity index (χ0n) is 10.7. The van der Waals surface area contributed by atoms with Gasteiger partial charge in [-0.05, 0) is 23.3 Å². The number of hydrogen-bond acceptors (Lipinski definition) is 2. The number of hydrogen-bond donors (Lipinski definition) is 0. The Morgan fingerprint density at radius 1 is 0.947 bits per heavy atom. The first kappa shape index (κ1) is 14.4. The van der Waals surface area contributed by atoms with Crippen molar-refractivity contribution in [1.29, 1.82) is 0 Å². The number of methoxy groups -OCH3 is 2. The fourth-order valence-electron chi connectivity index (χ4n) is 1.87. The molecule has 0 aliphatic heterocycles. The van der Waals surface area contributed by atoms with E-state index in [1.807, 2.05) is 30.3 Å². The SMILES string of the molecule is COc1cc(Br)c(C(Br)c2ccccc2)cc1OC. The van der Waals surface area contributed by atoms with E-state index in [1.165, 1.54) is 5.56 Å². The lowest BCUT2D eigenvalue weighted by molar-refractivity contribution is 0.354. The minimum Gasteiger partial charge on any atom is -0.493 e. The molecular weight excluding hydrogens is 372 g/mol. The van der Waals surface area contributed by atoms with Crippen LogP contribution in [-0.4, -0.2) is 14.2 Å². The van der Waals surface area contributed by atoms with Gasteiger partial charge in [-0.25, -0.2) is 0 Å².